The van der Waals surface area contributed by atoms with E-state index in [1.165, 1.54) is 0 Å². The van der Waals surface area contributed by atoms with Crippen molar-refractivity contribution in [3.63, 3.8) is 0 Å². The first-order valence-electron chi connectivity index (χ1n) is 6.20. The molecule has 0 atom stereocenters. The van der Waals surface area contributed by atoms with Crippen LogP contribution in [0.15, 0.2) is 0 Å². The van der Waals surface area contributed by atoms with Gasteiger partial charge >= 0.3 is 0 Å². The maximum absolute atomic E-state index is 11.8. The van der Waals surface area contributed by atoms with Crippen LogP contribution in [0.25, 0.3) is 0 Å². The number of carbonyl (C=O) groups excluding carboxylic acids is 1. The first-order chi connectivity index (χ1) is 8.27. The van der Waals surface area contributed by atoms with Crippen LogP contribution in [0.1, 0.15) is 19.3 Å². The molecule has 0 unspecified atom stereocenters. The summed E-state index contributed by atoms with van der Waals surface area (Å²) in [7, 11) is 1.71. The number of nitrogens with zero attached hydrogens (tertiary/aromatic N) is 2. The van der Waals surface area contributed by atoms with Gasteiger partial charge < -0.3 is 9.64 Å². The second-order valence-corrected chi connectivity index (χ2v) is 4.27. The molecule has 1 aliphatic rings. The van der Waals surface area contributed by atoms with Gasteiger partial charge in [0.05, 0.1) is 6.61 Å². The van der Waals surface area contributed by atoms with Gasteiger partial charge in [-0.3, -0.25) is 9.69 Å². The molecule has 0 aromatic carbocycles. The third-order valence-corrected chi connectivity index (χ3v) is 3.05. The molecule has 0 radical (unpaired) electrons. The number of amides is 1. The molecule has 4 nitrogen and oxygen atoms in total. The van der Waals surface area contributed by atoms with E-state index in [0.29, 0.717) is 12.8 Å². The zero-order chi connectivity index (χ0) is 12.5. The molecule has 1 saturated heterocycles. The number of piperazine rings is 1. The van der Waals surface area contributed by atoms with Crippen LogP contribution in [0.5, 0.6) is 0 Å². The van der Waals surface area contributed by atoms with E-state index in [2.05, 4.69) is 10.8 Å². The van der Waals surface area contributed by atoms with Crippen molar-refractivity contribution in [3.8, 4) is 12.3 Å². The number of unbranched alkanes of at least 4 members (excludes halogenated alkanes) is 1. The van der Waals surface area contributed by atoms with Crippen LogP contribution in [0.3, 0.4) is 0 Å². The van der Waals surface area contributed by atoms with Crippen LogP contribution in [-0.2, 0) is 9.53 Å². The fraction of sp³-hybridized carbons (Fsp3) is 0.769. The van der Waals surface area contributed by atoms with E-state index in [1.54, 1.807) is 7.11 Å². The maximum Gasteiger partial charge on any atom is 0.222 e. The zero-order valence-electron chi connectivity index (χ0n) is 10.7. The van der Waals surface area contributed by atoms with Gasteiger partial charge in [0.15, 0.2) is 0 Å². The fourth-order valence-corrected chi connectivity index (χ4v) is 1.94. The Morgan fingerprint density at radius 3 is 2.65 bits per heavy atom. The van der Waals surface area contributed by atoms with Crippen LogP contribution in [0.4, 0.5) is 0 Å². The van der Waals surface area contributed by atoms with Crippen LogP contribution >= 0.6 is 0 Å². The standard InChI is InChI=1S/C13H22N2O2/c1-3-4-5-6-13(16)15-9-7-14(8-10-15)11-12-17-2/h1H,4-12H2,2H3. The Balaban J connectivity index is 2.17. The van der Waals surface area contributed by atoms with Crippen molar-refractivity contribution in [1.82, 2.24) is 9.80 Å². The van der Waals surface area contributed by atoms with E-state index in [4.69, 9.17) is 11.2 Å². The van der Waals surface area contributed by atoms with Gasteiger partial charge in [-0.1, -0.05) is 0 Å². The fourth-order valence-electron chi connectivity index (χ4n) is 1.94. The lowest BCUT2D eigenvalue weighted by Crippen LogP contribution is -2.49. The van der Waals surface area contributed by atoms with Crippen LogP contribution < -0.4 is 0 Å². The first kappa shape index (κ1) is 14.0. The number of methoxy groups -OCH3 is 1. The van der Waals surface area contributed by atoms with Crippen molar-refractivity contribution in [2.75, 3.05) is 46.4 Å². The van der Waals surface area contributed by atoms with Crippen molar-refractivity contribution in [3.05, 3.63) is 0 Å². The predicted molar refractivity (Wildman–Crippen MR) is 67.6 cm³/mol. The summed E-state index contributed by atoms with van der Waals surface area (Å²) in [6.07, 6.45) is 7.25. The molecule has 4 heteroatoms. The van der Waals surface area contributed by atoms with Gasteiger partial charge in [0, 0.05) is 52.7 Å². The Bertz CT molecular complexity index is 265. The van der Waals surface area contributed by atoms with Crippen LogP contribution in [-0.4, -0.2) is 62.1 Å². The van der Waals surface area contributed by atoms with Crippen LogP contribution in [0, 0.1) is 12.3 Å². The Morgan fingerprint density at radius 1 is 1.35 bits per heavy atom. The van der Waals surface area contributed by atoms with Crippen molar-refractivity contribution in [1.29, 1.82) is 0 Å². The van der Waals surface area contributed by atoms with Crippen molar-refractivity contribution in [2.24, 2.45) is 0 Å². The van der Waals surface area contributed by atoms with E-state index in [-0.39, 0.29) is 5.91 Å². The molecule has 0 aromatic rings. The highest BCUT2D eigenvalue weighted by atomic mass is 16.5. The van der Waals surface area contributed by atoms with Gasteiger partial charge in [0.2, 0.25) is 5.91 Å². The highest BCUT2D eigenvalue weighted by Crippen LogP contribution is 2.05. The molecular weight excluding hydrogens is 216 g/mol. The summed E-state index contributed by atoms with van der Waals surface area (Å²) in [6, 6.07) is 0. The SMILES string of the molecule is C#CCCCC(=O)N1CCN(CCOC)CC1. The van der Waals surface area contributed by atoms with E-state index in [1.807, 2.05) is 4.90 Å². The second kappa shape index (κ2) is 8.10. The second-order valence-electron chi connectivity index (χ2n) is 4.27. The highest BCUT2D eigenvalue weighted by Gasteiger charge is 2.19. The summed E-state index contributed by atoms with van der Waals surface area (Å²) in [5, 5.41) is 0. The van der Waals surface area contributed by atoms with Crippen LogP contribution in [0.2, 0.25) is 0 Å². The van der Waals surface area contributed by atoms with Gasteiger partial charge in [0.1, 0.15) is 0 Å². The molecule has 1 fully saturated rings. The summed E-state index contributed by atoms with van der Waals surface area (Å²) in [5.41, 5.74) is 0. The van der Waals surface area contributed by atoms with Crippen molar-refractivity contribution >= 4 is 5.91 Å². The number of hydrogen-bond donors (Lipinski definition) is 0. The monoisotopic (exact) mass is 238 g/mol. The highest BCUT2D eigenvalue weighted by molar-refractivity contribution is 5.76. The quantitative estimate of drug-likeness (QED) is 0.501. The predicted octanol–water partition coefficient (Wildman–Crippen LogP) is 0.580. The van der Waals surface area contributed by atoms with Gasteiger partial charge in [-0.25, -0.2) is 0 Å². The van der Waals surface area contributed by atoms with Gasteiger partial charge in [-0.2, -0.15) is 0 Å². The summed E-state index contributed by atoms with van der Waals surface area (Å²) >= 11 is 0. The summed E-state index contributed by atoms with van der Waals surface area (Å²) in [5.74, 6) is 2.81. The molecular formula is C13H22N2O2. The summed E-state index contributed by atoms with van der Waals surface area (Å²) in [4.78, 5) is 16.1. The number of hydrogen-bond acceptors (Lipinski definition) is 3. The van der Waals surface area contributed by atoms with Crippen molar-refractivity contribution < 1.29 is 9.53 Å². The molecule has 0 N–H and O–H groups in total. The molecule has 17 heavy (non-hydrogen) atoms. The Morgan fingerprint density at radius 2 is 2.06 bits per heavy atom. The van der Waals surface area contributed by atoms with E-state index < -0.39 is 0 Å². The van der Waals surface area contributed by atoms with E-state index in [0.717, 1.165) is 45.8 Å². The molecule has 0 aliphatic carbocycles. The Labute approximate surface area is 104 Å². The minimum atomic E-state index is 0.242. The molecule has 0 saturated carbocycles. The van der Waals surface area contributed by atoms with Gasteiger partial charge in [-0.15, -0.1) is 12.3 Å². The largest absolute Gasteiger partial charge is 0.383 e. The zero-order valence-corrected chi connectivity index (χ0v) is 10.7. The number of carbonyl (C=O) groups is 1. The smallest absolute Gasteiger partial charge is 0.222 e. The van der Waals surface area contributed by atoms with E-state index >= 15 is 0 Å². The topological polar surface area (TPSA) is 32.8 Å². The Hall–Kier alpha value is -1.05. The Kier molecular flexibility index (Phi) is 6.68. The average molecular weight is 238 g/mol. The minimum Gasteiger partial charge on any atom is -0.383 e. The molecule has 1 amide bonds. The number of ether oxygens (including phenoxy) is 1. The number of terminal acetylenes is 1. The molecule has 0 spiro atoms. The normalized spacial score (nSPS) is 16.8. The third kappa shape index (κ3) is 5.20. The maximum atomic E-state index is 11.8. The molecule has 0 aromatic heterocycles. The van der Waals surface area contributed by atoms with Gasteiger partial charge in [0.25, 0.3) is 0 Å². The van der Waals surface area contributed by atoms with E-state index in [9.17, 15) is 4.79 Å². The first-order valence-corrected chi connectivity index (χ1v) is 6.20. The molecule has 1 rings (SSSR count). The lowest BCUT2D eigenvalue weighted by atomic mass is 10.2. The molecule has 0 bridgehead atoms. The lowest BCUT2D eigenvalue weighted by Gasteiger charge is -2.34. The average Bonchev–Trinajstić information content (AvgIpc) is 2.37. The molecule has 1 heterocycles. The summed E-state index contributed by atoms with van der Waals surface area (Å²) < 4.78 is 5.04. The molecule has 96 valence electrons. The van der Waals surface area contributed by atoms with Gasteiger partial charge in [-0.05, 0) is 6.42 Å². The molecule has 1 aliphatic heterocycles. The lowest BCUT2D eigenvalue weighted by molar-refractivity contribution is -0.133. The summed E-state index contributed by atoms with van der Waals surface area (Å²) in [6.45, 7) is 5.28. The third-order valence-electron chi connectivity index (χ3n) is 3.05. The minimum absolute atomic E-state index is 0.242. The van der Waals surface area contributed by atoms with Crippen molar-refractivity contribution in [2.45, 2.75) is 19.3 Å². The number of rotatable bonds is 6.